The highest BCUT2D eigenvalue weighted by molar-refractivity contribution is 4.81. The van der Waals surface area contributed by atoms with Crippen LogP contribution in [0.4, 0.5) is 0 Å². The molecule has 0 spiro atoms. The van der Waals surface area contributed by atoms with Gasteiger partial charge in [-0.05, 0) is 31.6 Å². The van der Waals surface area contributed by atoms with Crippen molar-refractivity contribution in [2.75, 3.05) is 6.54 Å². The van der Waals surface area contributed by atoms with Crippen LogP contribution in [0.3, 0.4) is 0 Å². The first-order chi connectivity index (χ1) is 6.36. The van der Waals surface area contributed by atoms with Crippen molar-refractivity contribution in [3.63, 3.8) is 0 Å². The van der Waals surface area contributed by atoms with Gasteiger partial charge in [0.15, 0.2) is 0 Å². The maximum Gasteiger partial charge on any atom is 0.0843 e. The highest BCUT2D eigenvalue weighted by atomic mass is 14.9. The number of hydrogen-bond donors (Lipinski definition) is 1. The third-order valence-electron chi connectivity index (χ3n) is 3.01. The van der Waals surface area contributed by atoms with E-state index < -0.39 is 0 Å². The van der Waals surface area contributed by atoms with Crippen LogP contribution in [0.2, 0.25) is 0 Å². The van der Waals surface area contributed by atoms with Crippen LogP contribution in [0.15, 0.2) is 0 Å². The normalized spacial score (nSPS) is 28.3. The average Bonchev–Trinajstić information content (AvgIpc) is 2.17. The lowest BCUT2D eigenvalue weighted by atomic mass is 9.83. The molecule has 74 valence electrons. The van der Waals surface area contributed by atoms with Crippen LogP contribution in [-0.4, -0.2) is 12.6 Å². The van der Waals surface area contributed by atoms with Crippen molar-refractivity contribution < 1.29 is 0 Å². The molecule has 1 saturated carbocycles. The van der Waals surface area contributed by atoms with E-state index in [-0.39, 0.29) is 0 Å². The lowest BCUT2D eigenvalue weighted by Gasteiger charge is -2.28. The summed E-state index contributed by atoms with van der Waals surface area (Å²) in [6.45, 7) is 2.78. The number of nitrogens with zero attached hydrogens (tertiary/aromatic N) is 1. The zero-order valence-corrected chi connectivity index (χ0v) is 8.55. The van der Waals surface area contributed by atoms with Crippen molar-refractivity contribution in [3.8, 4) is 6.07 Å². The van der Waals surface area contributed by atoms with Crippen molar-refractivity contribution in [1.82, 2.24) is 5.32 Å². The topological polar surface area (TPSA) is 35.8 Å². The molecule has 0 amide bonds. The van der Waals surface area contributed by atoms with Gasteiger partial charge in [-0.15, -0.1) is 0 Å². The number of nitriles is 1. The summed E-state index contributed by atoms with van der Waals surface area (Å²) >= 11 is 0. The second-order valence-corrected chi connectivity index (χ2v) is 4.05. The molecule has 1 aliphatic carbocycles. The fourth-order valence-electron chi connectivity index (χ4n) is 2.25. The van der Waals surface area contributed by atoms with Gasteiger partial charge in [0.2, 0.25) is 0 Å². The third-order valence-corrected chi connectivity index (χ3v) is 3.01. The van der Waals surface area contributed by atoms with E-state index in [9.17, 15) is 0 Å². The van der Waals surface area contributed by atoms with Gasteiger partial charge in [0.25, 0.3) is 0 Å². The largest absolute Gasteiger partial charge is 0.302 e. The van der Waals surface area contributed by atoms with Crippen LogP contribution in [0, 0.1) is 17.2 Å². The highest BCUT2D eigenvalue weighted by Gasteiger charge is 2.19. The van der Waals surface area contributed by atoms with E-state index in [2.05, 4.69) is 18.3 Å². The summed E-state index contributed by atoms with van der Waals surface area (Å²) in [5, 5.41) is 11.7. The summed E-state index contributed by atoms with van der Waals surface area (Å²) in [6, 6.07) is 2.76. The number of hydrogen-bond acceptors (Lipinski definition) is 2. The molecule has 0 aromatic heterocycles. The maximum absolute atomic E-state index is 8.42. The molecule has 2 nitrogen and oxygen atoms in total. The molecule has 0 heterocycles. The minimum Gasteiger partial charge on any atom is -0.302 e. The van der Waals surface area contributed by atoms with Crippen molar-refractivity contribution in [2.45, 2.75) is 51.5 Å². The Bertz CT molecular complexity index is 163. The SMILES string of the molecule is CCCC1CCC(NCC#N)CC1. The minimum absolute atomic E-state index is 0.517. The first kappa shape index (κ1) is 10.5. The lowest BCUT2D eigenvalue weighted by Crippen LogP contribution is -2.33. The Labute approximate surface area is 81.3 Å². The Morgan fingerprint density at radius 3 is 2.54 bits per heavy atom. The summed E-state index contributed by atoms with van der Waals surface area (Å²) in [6.07, 6.45) is 7.97. The Hall–Kier alpha value is -0.550. The Morgan fingerprint density at radius 2 is 2.00 bits per heavy atom. The summed E-state index contributed by atoms with van der Waals surface area (Å²) in [4.78, 5) is 0. The van der Waals surface area contributed by atoms with E-state index in [0.29, 0.717) is 12.6 Å². The van der Waals surface area contributed by atoms with Crippen LogP contribution in [0.1, 0.15) is 45.4 Å². The van der Waals surface area contributed by atoms with E-state index >= 15 is 0 Å². The van der Waals surface area contributed by atoms with Crippen molar-refractivity contribution in [2.24, 2.45) is 5.92 Å². The van der Waals surface area contributed by atoms with Crippen LogP contribution in [-0.2, 0) is 0 Å². The fraction of sp³-hybridized carbons (Fsp3) is 0.909. The first-order valence-electron chi connectivity index (χ1n) is 5.47. The lowest BCUT2D eigenvalue weighted by molar-refractivity contribution is 0.283. The molecule has 0 bridgehead atoms. The summed E-state index contributed by atoms with van der Waals surface area (Å²) in [7, 11) is 0. The van der Waals surface area contributed by atoms with E-state index in [1.807, 2.05) is 0 Å². The zero-order valence-electron chi connectivity index (χ0n) is 8.55. The Balaban J connectivity index is 2.12. The van der Waals surface area contributed by atoms with Gasteiger partial charge < -0.3 is 5.32 Å². The molecule has 13 heavy (non-hydrogen) atoms. The zero-order chi connectivity index (χ0) is 9.52. The van der Waals surface area contributed by atoms with Gasteiger partial charge in [0.05, 0.1) is 12.6 Å². The van der Waals surface area contributed by atoms with Gasteiger partial charge in [-0.25, -0.2) is 0 Å². The Kier molecular flexibility index (Phi) is 4.85. The quantitative estimate of drug-likeness (QED) is 0.675. The van der Waals surface area contributed by atoms with Crippen LogP contribution in [0.5, 0.6) is 0 Å². The van der Waals surface area contributed by atoms with Crippen LogP contribution >= 0.6 is 0 Å². The van der Waals surface area contributed by atoms with Gasteiger partial charge in [0, 0.05) is 6.04 Å². The molecule has 0 atom stereocenters. The molecule has 0 aromatic carbocycles. The van der Waals surface area contributed by atoms with Gasteiger partial charge in [-0.2, -0.15) is 5.26 Å². The summed E-state index contributed by atoms with van der Waals surface area (Å²) in [5.74, 6) is 0.963. The first-order valence-corrected chi connectivity index (χ1v) is 5.47. The van der Waals surface area contributed by atoms with Crippen molar-refractivity contribution in [3.05, 3.63) is 0 Å². The standard InChI is InChI=1S/C11H20N2/c1-2-3-10-4-6-11(7-5-10)13-9-8-12/h10-11,13H,2-7,9H2,1H3. The molecule has 0 saturated heterocycles. The molecule has 0 unspecified atom stereocenters. The van der Waals surface area contributed by atoms with Gasteiger partial charge in [-0.1, -0.05) is 19.8 Å². The van der Waals surface area contributed by atoms with E-state index in [1.54, 1.807) is 0 Å². The summed E-state index contributed by atoms with van der Waals surface area (Å²) < 4.78 is 0. The molecule has 1 fully saturated rings. The number of rotatable bonds is 4. The molecule has 1 N–H and O–H groups in total. The fourth-order valence-corrected chi connectivity index (χ4v) is 2.25. The molecule has 1 rings (SSSR count). The number of nitrogens with one attached hydrogen (secondary N) is 1. The molecule has 1 aliphatic rings. The van der Waals surface area contributed by atoms with Gasteiger partial charge >= 0.3 is 0 Å². The van der Waals surface area contributed by atoms with Gasteiger partial charge in [-0.3, -0.25) is 0 Å². The second kappa shape index (κ2) is 5.99. The predicted molar refractivity (Wildman–Crippen MR) is 54.3 cm³/mol. The average molecular weight is 180 g/mol. The van der Waals surface area contributed by atoms with Crippen LogP contribution in [0.25, 0.3) is 0 Å². The van der Waals surface area contributed by atoms with E-state index in [4.69, 9.17) is 5.26 Å². The van der Waals surface area contributed by atoms with E-state index in [1.165, 1.54) is 38.5 Å². The molecule has 0 aliphatic heterocycles. The smallest absolute Gasteiger partial charge is 0.0843 e. The molecule has 0 aromatic rings. The Morgan fingerprint density at radius 1 is 1.31 bits per heavy atom. The molecular weight excluding hydrogens is 160 g/mol. The molecular formula is C11H20N2. The molecule has 0 radical (unpaired) electrons. The van der Waals surface area contributed by atoms with E-state index in [0.717, 1.165) is 5.92 Å². The monoisotopic (exact) mass is 180 g/mol. The third kappa shape index (κ3) is 3.78. The van der Waals surface area contributed by atoms with Crippen molar-refractivity contribution in [1.29, 1.82) is 5.26 Å². The van der Waals surface area contributed by atoms with Gasteiger partial charge in [0.1, 0.15) is 0 Å². The highest BCUT2D eigenvalue weighted by Crippen LogP contribution is 2.27. The summed E-state index contributed by atoms with van der Waals surface area (Å²) in [5.41, 5.74) is 0. The maximum atomic E-state index is 8.42. The minimum atomic E-state index is 0.517. The van der Waals surface area contributed by atoms with Crippen molar-refractivity contribution >= 4 is 0 Å². The predicted octanol–water partition coefficient (Wildman–Crippen LogP) is 2.46. The second-order valence-electron chi connectivity index (χ2n) is 4.05. The molecule has 2 heteroatoms. The van der Waals surface area contributed by atoms with Crippen LogP contribution < -0.4 is 5.32 Å².